The number of halogens is 2. The second-order valence-corrected chi connectivity index (χ2v) is 5.91. The highest BCUT2D eigenvalue weighted by Crippen LogP contribution is 2.32. The highest BCUT2D eigenvalue weighted by Gasteiger charge is 2.35. The van der Waals surface area contributed by atoms with E-state index in [9.17, 15) is 0 Å². The minimum atomic E-state index is -0.100. The van der Waals surface area contributed by atoms with Gasteiger partial charge in [-0.15, -0.1) is 11.6 Å². The van der Waals surface area contributed by atoms with Crippen LogP contribution in [0.3, 0.4) is 0 Å². The molecule has 0 N–H and O–H groups in total. The Kier molecular flexibility index (Phi) is 3.41. The maximum atomic E-state index is 5.99. The van der Waals surface area contributed by atoms with E-state index in [1.54, 1.807) is 6.20 Å². The van der Waals surface area contributed by atoms with Crippen LogP contribution in [0.1, 0.15) is 19.2 Å². The van der Waals surface area contributed by atoms with E-state index in [0.29, 0.717) is 23.9 Å². The highest BCUT2D eigenvalue weighted by molar-refractivity contribution is 6.31. The van der Waals surface area contributed by atoms with Crippen molar-refractivity contribution in [2.45, 2.75) is 25.3 Å². The summed E-state index contributed by atoms with van der Waals surface area (Å²) in [6, 6.07) is 1.84. The third kappa shape index (κ3) is 2.22. The van der Waals surface area contributed by atoms with E-state index in [1.807, 2.05) is 6.07 Å². The Morgan fingerprint density at radius 1 is 1.53 bits per heavy atom. The Labute approximate surface area is 121 Å². The molecule has 0 radical (unpaired) electrons. The summed E-state index contributed by atoms with van der Waals surface area (Å²) >= 11 is 11.9. The molecule has 1 unspecified atom stereocenters. The number of aryl methyl sites for hydroxylation is 1. The lowest BCUT2D eigenvalue weighted by atomic mass is 10.0. The fraction of sp³-hybridized carbons (Fsp3) is 0.538. The molecule has 6 heteroatoms. The van der Waals surface area contributed by atoms with E-state index in [-0.39, 0.29) is 5.54 Å². The molecular formula is C13H15Cl2N3O. The lowest BCUT2D eigenvalue weighted by Gasteiger charge is -2.26. The number of aromatic nitrogens is 3. The topological polar surface area (TPSA) is 39.9 Å². The van der Waals surface area contributed by atoms with E-state index in [2.05, 4.69) is 21.5 Å². The van der Waals surface area contributed by atoms with Gasteiger partial charge in [-0.05, 0) is 19.4 Å². The van der Waals surface area contributed by atoms with Crippen molar-refractivity contribution in [3.63, 3.8) is 0 Å². The van der Waals surface area contributed by atoms with Gasteiger partial charge < -0.3 is 9.30 Å². The molecule has 1 atom stereocenters. The maximum absolute atomic E-state index is 5.99. The zero-order chi connectivity index (χ0) is 13.5. The smallest absolute Gasteiger partial charge is 0.160 e. The van der Waals surface area contributed by atoms with Gasteiger partial charge in [-0.3, -0.25) is 0 Å². The lowest BCUT2D eigenvalue weighted by Crippen LogP contribution is -2.32. The molecule has 0 amide bonds. The van der Waals surface area contributed by atoms with Gasteiger partial charge in [0.15, 0.2) is 5.65 Å². The third-order valence-corrected chi connectivity index (χ3v) is 3.98. The van der Waals surface area contributed by atoms with Crippen molar-refractivity contribution in [3.8, 4) is 0 Å². The van der Waals surface area contributed by atoms with Crippen LogP contribution in [-0.4, -0.2) is 33.6 Å². The second-order valence-electron chi connectivity index (χ2n) is 5.10. The Bertz CT molecular complexity index is 605. The summed E-state index contributed by atoms with van der Waals surface area (Å²) in [6.07, 6.45) is 3.33. The van der Waals surface area contributed by atoms with Crippen molar-refractivity contribution >= 4 is 34.4 Å². The molecular weight excluding hydrogens is 285 g/mol. The normalized spacial score (nSPS) is 23.3. The Morgan fingerprint density at radius 2 is 2.37 bits per heavy atom. The van der Waals surface area contributed by atoms with E-state index in [0.717, 1.165) is 30.0 Å². The standard InChI is InChI=1S/C13H15Cl2N3O/c1-13(3-5-19-8-13)18-11(2-4-14)17-10-6-9(15)7-16-12(10)18/h6-7H,2-5,8H2,1H3. The molecule has 3 rings (SSSR count). The second kappa shape index (κ2) is 4.93. The minimum Gasteiger partial charge on any atom is -0.379 e. The monoisotopic (exact) mass is 299 g/mol. The number of nitrogens with zero attached hydrogens (tertiary/aromatic N) is 3. The summed E-state index contributed by atoms with van der Waals surface area (Å²) < 4.78 is 7.73. The van der Waals surface area contributed by atoms with Crippen molar-refractivity contribution < 1.29 is 4.74 Å². The number of alkyl halides is 1. The first-order chi connectivity index (χ1) is 9.14. The number of ether oxygens (including phenoxy) is 1. The molecule has 0 aromatic carbocycles. The SMILES string of the molecule is CC1(n2c(CCCl)nc3cc(Cl)cnc32)CCOC1. The molecule has 3 heterocycles. The zero-order valence-corrected chi connectivity index (χ0v) is 12.2. The number of rotatable bonds is 3. The highest BCUT2D eigenvalue weighted by atomic mass is 35.5. The molecule has 19 heavy (non-hydrogen) atoms. The van der Waals surface area contributed by atoms with Crippen LogP contribution in [0.25, 0.3) is 11.2 Å². The first kappa shape index (κ1) is 13.2. The largest absolute Gasteiger partial charge is 0.379 e. The van der Waals surface area contributed by atoms with Gasteiger partial charge in [-0.1, -0.05) is 11.6 Å². The first-order valence-corrected chi connectivity index (χ1v) is 7.22. The Balaban J connectivity index is 2.21. The van der Waals surface area contributed by atoms with Crippen LogP contribution >= 0.6 is 23.2 Å². The number of fused-ring (bicyclic) bond motifs is 1. The van der Waals surface area contributed by atoms with E-state index >= 15 is 0 Å². The molecule has 1 aliphatic heterocycles. The predicted octanol–water partition coefficient (Wildman–Crippen LogP) is 3.00. The van der Waals surface area contributed by atoms with Gasteiger partial charge in [-0.2, -0.15) is 0 Å². The first-order valence-electron chi connectivity index (χ1n) is 6.31. The maximum Gasteiger partial charge on any atom is 0.160 e. The summed E-state index contributed by atoms with van der Waals surface area (Å²) in [5, 5.41) is 0.599. The van der Waals surface area contributed by atoms with Crippen LogP contribution in [0.4, 0.5) is 0 Å². The number of hydrogen-bond donors (Lipinski definition) is 0. The van der Waals surface area contributed by atoms with Gasteiger partial charge in [0.25, 0.3) is 0 Å². The van der Waals surface area contributed by atoms with E-state index in [1.165, 1.54) is 0 Å². The summed E-state index contributed by atoms with van der Waals surface area (Å²) in [6.45, 7) is 3.62. The fourth-order valence-corrected chi connectivity index (χ4v) is 2.96. The molecule has 1 saturated heterocycles. The van der Waals surface area contributed by atoms with Crippen LogP contribution in [-0.2, 0) is 16.7 Å². The van der Waals surface area contributed by atoms with Gasteiger partial charge in [-0.25, -0.2) is 9.97 Å². The van der Waals surface area contributed by atoms with Crippen molar-refractivity contribution in [2.75, 3.05) is 19.1 Å². The minimum absolute atomic E-state index is 0.100. The molecule has 0 saturated carbocycles. The fourth-order valence-electron chi connectivity index (χ4n) is 2.64. The van der Waals surface area contributed by atoms with Gasteiger partial charge in [0.1, 0.15) is 11.3 Å². The van der Waals surface area contributed by atoms with Crippen LogP contribution in [0.5, 0.6) is 0 Å². The van der Waals surface area contributed by atoms with Crippen LogP contribution in [0.15, 0.2) is 12.3 Å². The summed E-state index contributed by atoms with van der Waals surface area (Å²) in [4.78, 5) is 9.07. The van der Waals surface area contributed by atoms with Crippen molar-refractivity contribution in [1.29, 1.82) is 0 Å². The van der Waals surface area contributed by atoms with Crippen molar-refractivity contribution in [1.82, 2.24) is 14.5 Å². The molecule has 102 valence electrons. The van der Waals surface area contributed by atoms with E-state index in [4.69, 9.17) is 27.9 Å². The van der Waals surface area contributed by atoms with Crippen molar-refractivity contribution in [2.24, 2.45) is 0 Å². The summed E-state index contributed by atoms with van der Waals surface area (Å²) in [5.74, 6) is 1.49. The van der Waals surface area contributed by atoms with Crippen LogP contribution in [0.2, 0.25) is 5.02 Å². The van der Waals surface area contributed by atoms with Crippen LogP contribution in [0, 0.1) is 0 Å². The third-order valence-electron chi connectivity index (χ3n) is 3.59. The quantitative estimate of drug-likeness (QED) is 0.818. The molecule has 1 fully saturated rings. The molecule has 2 aromatic rings. The Hall–Kier alpha value is -0.840. The van der Waals surface area contributed by atoms with Gasteiger partial charge >= 0.3 is 0 Å². The zero-order valence-electron chi connectivity index (χ0n) is 10.7. The predicted molar refractivity (Wildman–Crippen MR) is 76.0 cm³/mol. The van der Waals surface area contributed by atoms with Gasteiger partial charge in [0.2, 0.25) is 0 Å². The number of hydrogen-bond acceptors (Lipinski definition) is 3. The van der Waals surface area contributed by atoms with Crippen molar-refractivity contribution in [3.05, 3.63) is 23.1 Å². The molecule has 2 aromatic heterocycles. The molecule has 0 spiro atoms. The van der Waals surface area contributed by atoms with Gasteiger partial charge in [0, 0.05) is 25.1 Å². The number of imidazole rings is 1. The van der Waals surface area contributed by atoms with Crippen LogP contribution < -0.4 is 0 Å². The molecule has 0 bridgehead atoms. The summed E-state index contributed by atoms with van der Waals surface area (Å²) in [5.41, 5.74) is 1.58. The van der Waals surface area contributed by atoms with Gasteiger partial charge in [0.05, 0.1) is 17.2 Å². The number of pyridine rings is 1. The van der Waals surface area contributed by atoms with E-state index < -0.39 is 0 Å². The average Bonchev–Trinajstić information content (AvgIpc) is 2.93. The average molecular weight is 300 g/mol. The lowest BCUT2D eigenvalue weighted by molar-refractivity contribution is 0.162. The molecule has 0 aliphatic carbocycles. The summed E-state index contributed by atoms with van der Waals surface area (Å²) in [7, 11) is 0. The molecule has 1 aliphatic rings. The molecule has 4 nitrogen and oxygen atoms in total. The Morgan fingerprint density at radius 3 is 3.05 bits per heavy atom.